The Kier molecular flexibility index (Phi) is 4.31. The summed E-state index contributed by atoms with van der Waals surface area (Å²) in [5.74, 6) is 2.38. The van der Waals surface area contributed by atoms with Crippen molar-refractivity contribution in [1.29, 1.82) is 0 Å². The number of benzene rings is 2. The van der Waals surface area contributed by atoms with E-state index in [1.807, 2.05) is 23.1 Å². The number of nitrogens with zero attached hydrogens (tertiary/aromatic N) is 6. The molecule has 3 heterocycles. The summed E-state index contributed by atoms with van der Waals surface area (Å²) in [6.07, 6.45) is 2.30. The fourth-order valence-corrected chi connectivity index (χ4v) is 4.41. The lowest BCUT2D eigenvalue weighted by atomic mass is 10.2. The number of carbonyl (C=O) groups is 1. The monoisotopic (exact) mass is 432 g/mol. The molecule has 2 fully saturated rings. The first-order chi connectivity index (χ1) is 15.2. The maximum absolute atomic E-state index is 12.9. The highest BCUT2D eigenvalue weighted by molar-refractivity contribution is 6.30. The van der Waals surface area contributed by atoms with Gasteiger partial charge in [0.15, 0.2) is 5.65 Å². The number of amides is 1. The van der Waals surface area contributed by atoms with Gasteiger partial charge in [0.2, 0.25) is 5.95 Å². The lowest BCUT2D eigenvalue weighted by Gasteiger charge is -2.35. The van der Waals surface area contributed by atoms with Crippen LogP contribution >= 0.6 is 11.6 Å². The summed E-state index contributed by atoms with van der Waals surface area (Å²) in [5, 5.41) is 10.7. The lowest BCUT2D eigenvalue weighted by molar-refractivity contribution is 0.0746. The van der Waals surface area contributed by atoms with Crippen molar-refractivity contribution in [2.75, 3.05) is 31.1 Å². The van der Waals surface area contributed by atoms with Crippen molar-refractivity contribution in [3.8, 4) is 0 Å². The van der Waals surface area contributed by atoms with Crippen molar-refractivity contribution in [1.82, 2.24) is 24.5 Å². The molecule has 4 aromatic rings. The third-order valence-electron chi connectivity index (χ3n) is 6.14. The molecule has 31 heavy (non-hydrogen) atoms. The molecular weight excluding hydrogens is 412 g/mol. The van der Waals surface area contributed by atoms with E-state index < -0.39 is 0 Å². The zero-order chi connectivity index (χ0) is 20.9. The molecule has 1 saturated heterocycles. The second-order valence-corrected chi connectivity index (χ2v) is 8.64. The smallest absolute Gasteiger partial charge is 0.253 e. The Morgan fingerprint density at radius 1 is 0.935 bits per heavy atom. The van der Waals surface area contributed by atoms with E-state index in [1.165, 1.54) is 0 Å². The summed E-state index contributed by atoms with van der Waals surface area (Å²) in [4.78, 5) is 22.0. The van der Waals surface area contributed by atoms with Gasteiger partial charge in [-0.05, 0) is 49.2 Å². The van der Waals surface area contributed by atoms with Crippen LogP contribution in [0.4, 0.5) is 5.95 Å². The van der Waals surface area contributed by atoms with Gasteiger partial charge in [0.25, 0.3) is 5.91 Å². The first-order valence-electron chi connectivity index (χ1n) is 10.6. The minimum atomic E-state index is 0.0379. The summed E-state index contributed by atoms with van der Waals surface area (Å²) in [6.45, 7) is 2.70. The van der Waals surface area contributed by atoms with Crippen LogP contribution in [-0.4, -0.2) is 56.6 Å². The molecule has 0 bridgehead atoms. The Bertz CT molecular complexity index is 1290. The molecule has 0 N–H and O–H groups in total. The number of hydrogen-bond acceptors (Lipinski definition) is 5. The predicted octanol–water partition coefficient (Wildman–Crippen LogP) is 3.77. The van der Waals surface area contributed by atoms with Crippen molar-refractivity contribution in [2.45, 2.75) is 18.8 Å². The Labute approximate surface area is 184 Å². The summed E-state index contributed by atoms with van der Waals surface area (Å²) >= 11 is 5.96. The molecule has 7 nitrogen and oxygen atoms in total. The molecule has 2 aliphatic rings. The van der Waals surface area contributed by atoms with Gasteiger partial charge in [-0.15, -0.1) is 10.2 Å². The molecule has 0 atom stereocenters. The van der Waals surface area contributed by atoms with Crippen LogP contribution < -0.4 is 4.90 Å². The van der Waals surface area contributed by atoms with Gasteiger partial charge >= 0.3 is 0 Å². The van der Waals surface area contributed by atoms with E-state index in [4.69, 9.17) is 16.6 Å². The van der Waals surface area contributed by atoms with E-state index >= 15 is 0 Å². The second kappa shape index (κ2) is 7.20. The molecule has 1 aliphatic carbocycles. The molecule has 0 radical (unpaired) electrons. The van der Waals surface area contributed by atoms with E-state index in [9.17, 15) is 4.79 Å². The lowest BCUT2D eigenvalue weighted by Crippen LogP contribution is -2.49. The van der Waals surface area contributed by atoms with Gasteiger partial charge < -0.3 is 9.80 Å². The molecule has 6 rings (SSSR count). The highest BCUT2D eigenvalue weighted by Crippen LogP contribution is 2.40. The predicted molar refractivity (Wildman–Crippen MR) is 120 cm³/mol. The van der Waals surface area contributed by atoms with Crippen molar-refractivity contribution in [3.63, 3.8) is 0 Å². The van der Waals surface area contributed by atoms with Crippen LogP contribution in [0.2, 0.25) is 5.02 Å². The van der Waals surface area contributed by atoms with E-state index in [-0.39, 0.29) is 5.91 Å². The fraction of sp³-hybridized carbons (Fsp3) is 0.304. The Hall–Kier alpha value is -3.19. The zero-order valence-electron chi connectivity index (χ0n) is 16.9. The van der Waals surface area contributed by atoms with Crippen LogP contribution in [-0.2, 0) is 0 Å². The van der Waals surface area contributed by atoms with Crippen molar-refractivity contribution in [3.05, 3.63) is 64.9 Å². The number of hydrogen-bond donors (Lipinski definition) is 0. The molecule has 0 spiro atoms. The SMILES string of the molecule is O=C(c1ccc(Cl)cc1)N1CCN(c2nc3ccccc3c3nnc(C4CC4)n23)CC1. The first kappa shape index (κ1) is 18.6. The van der Waals surface area contributed by atoms with E-state index in [0.717, 1.165) is 41.2 Å². The second-order valence-electron chi connectivity index (χ2n) is 8.21. The number of carbonyl (C=O) groups excluding carboxylic acids is 1. The number of rotatable bonds is 3. The molecule has 1 saturated carbocycles. The number of para-hydroxylation sites is 1. The first-order valence-corrected chi connectivity index (χ1v) is 11.0. The molecule has 1 amide bonds. The van der Waals surface area contributed by atoms with Gasteiger partial charge in [-0.25, -0.2) is 9.38 Å². The van der Waals surface area contributed by atoms with Crippen molar-refractivity contribution >= 4 is 40.0 Å². The average Bonchev–Trinajstić information content (AvgIpc) is 3.56. The highest BCUT2D eigenvalue weighted by atomic mass is 35.5. The van der Waals surface area contributed by atoms with Crippen molar-refractivity contribution < 1.29 is 4.79 Å². The standard InChI is InChI=1S/C23H21ClN6O/c24-17-9-7-16(8-10-17)22(31)28-11-13-29(14-12-28)23-25-19-4-2-1-3-18(19)21-27-26-20(30(21)23)15-5-6-15/h1-4,7-10,15H,5-6,11-14H2. The molecule has 2 aromatic carbocycles. The third-order valence-corrected chi connectivity index (χ3v) is 6.39. The Morgan fingerprint density at radius 3 is 2.42 bits per heavy atom. The maximum Gasteiger partial charge on any atom is 0.253 e. The van der Waals surface area contributed by atoms with Crippen molar-refractivity contribution in [2.24, 2.45) is 0 Å². The summed E-state index contributed by atoms with van der Waals surface area (Å²) in [5.41, 5.74) is 2.44. The Balaban J connectivity index is 1.32. The molecule has 0 unspecified atom stereocenters. The molecule has 1 aliphatic heterocycles. The minimum absolute atomic E-state index is 0.0379. The minimum Gasteiger partial charge on any atom is -0.338 e. The number of fused-ring (bicyclic) bond motifs is 3. The number of anilines is 1. The Morgan fingerprint density at radius 2 is 1.68 bits per heavy atom. The van der Waals surface area contributed by atoms with Gasteiger partial charge in [-0.2, -0.15) is 0 Å². The van der Waals surface area contributed by atoms with Gasteiger partial charge in [0.05, 0.1) is 5.52 Å². The number of halogens is 1. The summed E-state index contributed by atoms with van der Waals surface area (Å²) in [7, 11) is 0. The van der Waals surface area contributed by atoms with Crippen LogP contribution in [0.5, 0.6) is 0 Å². The van der Waals surface area contributed by atoms with Gasteiger partial charge in [0.1, 0.15) is 5.82 Å². The maximum atomic E-state index is 12.9. The molecule has 8 heteroatoms. The quantitative estimate of drug-likeness (QED) is 0.493. The van der Waals surface area contributed by atoms with E-state index in [1.54, 1.807) is 24.3 Å². The van der Waals surface area contributed by atoms with E-state index in [2.05, 4.69) is 25.6 Å². The van der Waals surface area contributed by atoms with E-state index in [0.29, 0.717) is 42.7 Å². The van der Waals surface area contributed by atoms with Gasteiger partial charge in [0, 0.05) is 48.1 Å². The van der Waals surface area contributed by atoms with Gasteiger partial charge in [-0.3, -0.25) is 4.79 Å². The van der Waals surface area contributed by atoms with Crippen LogP contribution in [0.3, 0.4) is 0 Å². The topological polar surface area (TPSA) is 66.6 Å². The average molecular weight is 433 g/mol. The number of piperazine rings is 1. The van der Waals surface area contributed by atoms with Crippen LogP contribution in [0, 0.1) is 0 Å². The largest absolute Gasteiger partial charge is 0.338 e. The summed E-state index contributed by atoms with van der Waals surface area (Å²) in [6, 6.07) is 15.2. The summed E-state index contributed by atoms with van der Waals surface area (Å²) < 4.78 is 2.14. The fourth-order valence-electron chi connectivity index (χ4n) is 4.29. The highest BCUT2D eigenvalue weighted by Gasteiger charge is 2.32. The molecular formula is C23H21ClN6O. The van der Waals surface area contributed by atoms with Crippen LogP contribution in [0.15, 0.2) is 48.5 Å². The zero-order valence-corrected chi connectivity index (χ0v) is 17.7. The number of aromatic nitrogens is 4. The van der Waals surface area contributed by atoms with Crippen LogP contribution in [0.1, 0.15) is 34.9 Å². The van der Waals surface area contributed by atoms with Gasteiger partial charge in [-0.1, -0.05) is 23.7 Å². The molecule has 156 valence electrons. The van der Waals surface area contributed by atoms with Crippen LogP contribution in [0.25, 0.3) is 16.6 Å². The normalized spacial score (nSPS) is 16.9. The third kappa shape index (κ3) is 3.20. The molecule has 2 aromatic heterocycles.